The second-order valence-corrected chi connectivity index (χ2v) is 6.00. The molecule has 0 spiro atoms. The molecule has 0 bridgehead atoms. The van der Waals surface area contributed by atoms with Crippen LogP contribution in [-0.4, -0.2) is 49.2 Å². The fourth-order valence-electron chi connectivity index (χ4n) is 1.63. The molecule has 1 atom stereocenters. The minimum absolute atomic E-state index is 0.0311. The minimum Gasteiger partial charge on any atom is -0.760 e. The molecule has 0 aliphatic carbocycles. The van der Waals surface area contributed by atoms with E-state index in [0.717, 1.165) is 0 Å². The molecular weight excluding hydrogens is 465 g/mol. The van der Waals surface area contributed by atoms with Gasteiger partial charge in [-0.2, -0.15) is 0 Å². The molecular formula is C12H16BrFN9O4S-. The highest BCUT2D eigenvalue weighted by atomic mass is 79.9. The molecule has 0 aliphatic heterocycles. The number of nitrogens with zero attached hydrogens (tertiary/aromatic N) is 4. The van der Waals surface area contributed by atoms with Gasteiger partial charge in [-0.3, -0.25) is 25.0 Å². The SMILES string of the molecule is NC(N)=NCCNc1nonc1C(=Nc1ccc(F)c(Br)c1)NO.NS(=O)[O-]. The van der Waals surface area contributed by atoms with Crippen molar-refractivity contribution in [2.75, 3.05) is 18.4 Å². The van der Waals surface area contributed by atoms with Crippen molar-refractivity contribution in [1.82, 2.24) is 15.8 Å². The summed E-state index contributed by atoms with van der Waals surface area (Å²) in [5.41, 5.74) is 12.8. The number of nitrogens with two attached hydrogens (primary N) is 3. The maximum Gasteiger partial charge on any atom is 0.202 e. The van der Waals surface area contributed by atoms with Gasteiger partial charge in [0.2, 0.25) is 5.82 Å². The van der Waals surface area contributed by atoms with E-state index in [4.69, 9.17) is 20.2 Å². The van der Waals surface area contributed by atoms with Gasteiger partial charge in [0.05, 0.1) is 16.7 Å². The first kappa shape index (κ1) is 23.4. The van der Waals surface area contributed by atoms with Crippen molar-refractivity contribution in [3.63, 3.8) is 0 Å². The van der Waals surface area contributed by atoms with Crippen LogP contribution in [0.25, 0.3) is 0 Å². The summed E-state index contributed by atoms with van der Waals surface area (Å²) in [7, 11) is 0. The fourth-order valence-corrected chi connectivity index (χ4v) is 2.00. The maximum atomic E-state index is 13.2. The van der Waals surface area contributed by atoms with Crippen LogP contribution in [0.2, 0.25) is 0 Å². The highest BCUT2D eigenvalue weighted by Crippen LogP contribution is 2.23. The molecule has 1 aromatic carbocycles. The molecule has 9 N–H and O–H groups in total. The molecule has 154 valence electrons. The molecule has 0 radical (unpaired) electrons. The highest BCUT2D eigenvalue weighted by molar-refractivity contribution is 9.10. The van der Waals surface area contributed by atoms with Crippen molar-refractivity contribution in [1.29, 1.82) is 0 Å². The van der Waals surface area contributed by atoms with Gasteiger partial charge < -0.3 is 21.3 Å². The number of hydroxylamine groups is 1. The zero-order chi connectivity index (χ0) is 21.1. The predicted molar refractivity (Wildman–Crippen MR) is 102 cm³/mol. The Kier molecular flexibility index (Phi) is 9.96. The average molecular weight is 481 g/mol. The number of halogens is 2. The number of hydrogen-bond acceptors (Lipinski definition) is 9. The van der Waals surface area contributed by atoms with E-state index in [2.05, 4.69) is 51.3 Å². The lowest BCUT2D eigenvalue weighted by Gasteiger charge is -2.05. The van der Waals surface area contributed by atoms with Crippen LogP contribution in [0.15, 0.2) is 37.3 Å². The molecule has 0 saturated carbocycles. The minimum atomic E-state index is -2.36. The van der Waals surface area contributed by atoms with Gasteiger partial charge in [0.1, 0.15) is 5.82 Å². The number of hydrogen-bond donors (Lipinski definition) is 6. The molecule has 0 aliphatic rings. The molecule has 0 amide bonds. The van der Waals surface area contributed by atoms with Crippen molar-refractivity contribution >= 4 is 50.5 Å². The Balaban J connectivity index is 0.000000892. The lowest BCUT2D eigenvalue weighted by atomic mass is 10.3. The van der Waals surface area contributed by atoms with Gasteiger partial charge in [0.25, 0.3) is 0 Å². The first-order valence-electron chi connectivity index (χ1n) is 7.14. The highest BCUT2D eigenvalue weighted by Gasteiger charge is 2.16. The molecule has 2 aromatic rings. The summed E-state index contributed by atoms with van der Waals surface area (Å²) < 4.78 is 35.7. The van der Waals surface area contributed by atoms with Crippen LogP contribution in [0.3, 0.4) is 0 Å². The van der Waals surface area contributed by atoms with Gasteiger partial charge >= 0.3 is 0 Å². The van der Waals surface area contributed by atoms with E-state index in [1.165, 1.54) is 18.2 Å². The van der Waals surface area contributed by atoms with Gasteiger partial charge in [-0.05, 0) is 44.4 Å². The van der Waals surface area contributed by atoms with E-state index in [1.54, 1.807) is 0 Å². The lowest BCUT2D eigenvalue weighted by Crippen LogP contribution is -2.24. The number of anilines is 1. The summed E-state index contributed by atoms with van der Waals surface area (Å²) in [5, 5.41) is 23.5. The number of nitrogens with one attached hydrogen (secondary N) is 2. The summed E-state index contributed by atoms with van der Waals surface area (Å²) in [6, 6.07) is 4.09. The second-order valence-electron chi connectivity index (χ2n) is 4.63. The van der Waals surface area contributed by atoms with Crippen molar-refractivity contribution in [3.05, 3.63) is 34.2 Å². The van der Waals surface area contributed by atoms with Crippen LogP contribution in [0.5, 0.6) is 0 Å². The quantitative estimate of drug-likeness (QED) is 0.101. The van der Waals surface area contributed by atoms with Crippen LogP contribution < -0.4 is 27.4 Å². The predicted octanol–water partition coefficient (Wildman–Crippen LogP) is -0.547. The van der Waals surface area contributed by atoms with E-state index in [0.29, 0.717) is 18.8 Å². The molecule has 1 aromatic heterocycles. The second kappa shape index (κ2) is 11.9. The van der Waals surface area contributed by atoms with Gasteiger partial charge in [-0.15, -0.1) is 0 Å². The first-order chi connectivity index (χ1) is 13.2. The normalized spacial score (nSPS) is 11.8. The summed E-state index contributed by atoms with van der Waals surface area (Å²) in [6.07, 6.45) is 0. The summed E-state index contributed by atoms with van der Waals surface area (Å²) in [5.74, 6) is -0.282. The van der Waals surface area contributed by atoms with Crippen molar-refractivity contribution in [3.8, 4) is 0 Å². The van der Waals surface area contributed by atoms with E-state index in [-0.39, 0.29) is 27.8 Å². The molecule has 28 heavy (non-hydrogen) atoms. The molecule has 13 nitrogen and oxygen atoms in total. The lowest BCUT2D eigenvalue weighted by molar-refractivity contribution is 0.234. The van der Waals surface area contributed by atoms with Crippen LogP contribution in [0.1, 0.15) is 5.69 Å². The third-order valence-electron chi connectivity index (χ3n) is 2.66. The third kappa shape index (κ3) is 8.35. The van der Waals surface area contributed by atoms with Crippen LogP contribution in [0.4, 0.5) is 15.9 Å². The van der Waals surface area contributed by atoms with Crippen LogP contribution in [-0.2, 0) is 11.3 Å². The van der Waals surface area contributed by atoms with Crippen molar-refractivity contribution in [2.45, 2.75) is 0 Å². The maximum absolute atomic E-state index is 13.2. The number of guanidine groups is 1. The molecule has 0 fully saturated rings. The zero-order valence-corrected chi connectivity index (χ0v) is 16.4. The number of rotatable bonds is 6. The molecule has 2 rings (SSSR count). The van der Waals surface area contributed by atoms with Gasteiger partial charge in [-0.25, -0.2) is 14.0 Å². The number of benzene rings is 1. The summed E-state index contributed by atoms with van der Waals surface area (Å²) in [6.45, 7) is 0.651. The molecule has 16 heteroatoms. The number of aromatic nitrogens is 2. The number of amidine groups is 1. The van der Waals surface area contributed by atoms with E-state index < -0.39 is 17.1 Å². The Hall–Kier alpha value is -2.66. The van der Waals surface area contributed by atoms with Crippen molar-refractivity contribution < 1.29 is 23.0 Å². The monoisotopic (exact) mass is 480 g/mol. The van der Waals surface area contributed by atoms with E-state index >= 15 is 0 Å². The molecule has 1 heterocycles. The summed E-state index contributed by atoms with van der Waals surface area (Å²) >= 11 is 0.695. The standard InChI is InChI=1S/C12H14BrFN8O2.H3NO2S/c13-7-5-6(1-2-8(7)14)19-11(20-23)9-10(22-24-21-9)17-3-4-18-12(15)16;1-4(2)3/h1-2,5,23H,3-4H2,(H,17,22)(H,19,20)(H4,15,16,18);1H2,(H,2,3)/p-1. The van der Waals surface area contributed by atoms with Crippen molar-refractivity contribution in [2.24, 2.45) is 26.6 Å². The Morgan fingerprint density at radius 3 is 2.68 bits per heavy atom. The Labute approximate surface area is 168 Å². The zero-order valence-electron chi connectivity index (χ0n) is 14.0. The number of aliphatic imine (C=N–C) groups is 2. The van der Waals surface area contributed by atoms with Crippen LogP contribution >= 0.6 is 15.9 Å². The first-order valence-corrected chi connectivity index (χ1v) is 9.07. The smallest absolute Gasteiger partial charge is 0.202 e. The Morgan fingerprint density at radius 2 is 2.11 bits per heavy atom. The molecule has 1 unspecified atom stereocenters. The molecule has 0 saturated heterocycles. The fraction of sp³-hybridized carbons (Fsp3) is 0.167. The average Bonchev–Trinajstić information content (AvgIpc) is 3.07. The van der Waals surface area contributed by atoms with Gasteiger partial charge in [0.15, 0.2) is 17.5 Å². The third-order valence-corrected chi connectivity index (χ3v) is 3.27. The summed E-state index contributed by atoms with van der Waals surface area (Å²) in [4.78, 5) is 7.93. The Morgan fingerprint density at radius 1 is 1.43 bits per heavy atom. The van der Waals surface area contributed by atoms with Gasteiger partial charge in [-0.1, -0.05) is 0 Å². The Bertz CT molecular complexity index is 855. The topological polar surface area (TPSA) is 226 Å². The largest absolute Gasteiger partial charge is 0.760 e. The van der Waals surface area contributed by atoms with Crippen LogP contribution in [0, 0.1) is 5.82 Å². The van der Waals surface area contributed by atoms with E-state index in [1.807, 2.05) is 5.48 Å². The van der Waals surface area contributed by atoms with Gasteiger partial charge in [0, 0.05) is 17.8 Å². The van der Waals surface area contributed by atoms with E-state index in [9.17, 15) is 9.60 Å².